The van der Waals surface area contributed by atoms with E-state index in [2.05, 4.69) is 10.2 Å². The van der Waals surface area contributed by atoms with Gasteiger partial charge >= 0.3 is 11.9 Å². The van der Waals surface area contributed by atoms with Crippen LogP contribution in [0.5, 0.6) is 0 Å². The van der Waals surface area contributed by atoms with Crippen LogP contribution in [0.3, 0.4) is 0 Å². The van der Waals surface area contributed by atoms with Crippen molar-refractivity contribution in [1.29, 1.82) is 0 Å². The fourth-order valence-corrected chi connectivity index (χ4v) is 3.21. The first-order valence-corrected chi connectivity index (χ1v) is 6.68. The van der Waals surface area contributed by atoms with E-state index in [0.717, 1.165) is 11.1 Å². The van der Waals surface area contributed by atoms with Gasteiger partial charge in [0.2, 0.25) is 0 Å². The molecule has 1 aromatic carbocycles. The van der Waals surface area contributed by atoms with Gasteiger partial charge in [-0.2, -0.15) is 0 Å². The molecule has 6 nitrogen and oxygen atoms in total. The second-order valence-electron chi connectivity index (χ2n) is 3.55. The molecule has 2 N–H and O–H groups in total. The molecule has 0 unspecified atom stereocenters. The topological polar surface area (TPSA) is 100 Å². The van der Waals surface area contributed by atoms with Crippen LogP contribution in [0.4, 0.5) is 0 Å². The molecule has 2 aromatic rings. The third kappa shape index (κ3) is 3.30. The highest BCUT2D eigenvalue weighted by Gasteiger charge is 2.13. The van der Waals surface area contributed by atoms with Gasteiger partial charge < -0.3 is 10.2 Å². The van der Waals surface area contributed by atoms with Gasteiger partial charge in [0.25, 0.3) is 0 Å². The Bertz CT molecular complexity index is 622. The summed E-state index contributed by atoms with van der Waals surface area (Å²) in [7, 11) is 0. The number of hydrogen-bond donors (Lipinski definition) is 2. The molecule has 0 radical (unpaired) electrons. The van der Waals surface area contributed by atoms with Crippen molar-refractivity contribution in [3.63, 3.8) is 0 Å². The van der Waals surface area contributed by atoms with E-state index in [-0.39, 0.29) is 11.1 Å². The minimum Gasteiger partial charge on any atom is -0.478 e. The third-order valence-electron chi connectivity index (χ3n) is 2.11. The highest BCUT2D eigenvalue weighted by Crippen LogP contribution is 2.31. The summed E-state index contributed by atoms with van der Waals surface area (Å²) in [5, 5.41) is 26.4. The van der Waals surface area contributed by atoms with E-state index in [4.69, 9.17) is 10.2 Å². The van der Waals surface area contributed by atoms with Gasteiger partial charge in [0.1, 0.15) is 5.01 Å². The van der Waals surface area contributed by atoms with Crippen molar-refractivity contribution >= 4 is 35.0 Å². The first-order chi connectivity index (χ1) is 8.95. The maximum Gasteiger partial charge on any atom is 0.335 e. The summed E-state index contributed by atoms with van der Waals surface area (Å²) in [5.41, 5.74) is -0.132. The van der Waals surface area contributed by atoms with Crippen molar-refractivity contribution in [2.75, 3.05) is 0 Å². The summed E-state index contributed by atoms with van der Waals surface area (Å²) in [6.07, 6.45) is 0. The summed E-state index contributed by atoms with van der Waals surface area (Å²) in [4.78, 5) is 22.4. The van der Waals surface area contributed by atoms with E-state index in [9.17, 15) is 9.59 Å². The molecule has 8 heteroatoms. The molecule has 2 rings (SSSR count). The zero-order valence-electron chi connectivity index (χ0n) is 9.65. The highest BCUT2D eigenvalue weighted by atomic mass is 32.2. The lowest BCUT2D eigenvalue weighted by Gasteiger charge is -2.03. The predicted molar refractivity (Wildman–Crippen MR) is 69.1 cm³/mol. The van der Waals surface area contributed by atoms with Crippen molar-refractivity contribution in [2.24, 2.45) is 0 Å². The Kier molecular flexibility index (Phi) is 3.82. The van der Waals surface area contributed by atoms with Gasteiger partial charge in [-0.3, -0.25) is 0 Å². The average Bonchev–Trinajstić information content (AvgIpc) is 2.74. The van der Waals surface area contributed by atoms with Crippen molar-refractivity contribution in [3.8, 4) is 0 Å². The number of aryl methyl sites for hydroxylation is 1. The molecule has 0 atom stereocenters. The quantitative estimate of drug-likeness (QED) is 0.893. The van der Waals surface area contributed by atoms with E-state index in [1.807, 2.05) is 0 Å². The summed E-state index contributed by atoms with van der Waals surface area (Å²) in [5.74, 6) is -2.34. The van der Waals surface area contributed by atoms with Crippen molar-refractivity contribution in [1.82, 2.24) is 10.2 Å². The van der Waals surface area contributed by atoms with Gasteiger partial charge in [-0.05, 0) is 25.1 Å². The van der Waals surface area contributed by atoms with E-state index >= 15 is 0 Å². The van der Waals surface area contributed by atoms with E-state index in [0.29, 0.717) is 9.24 Å². The van der Waals surface area contributed by atoms with Gasteiger partial charge in [0.15, 0.2) is 4.34 Å². The van der Waals surface area contributed by atoms with Gasteiger partial charge in [-0.1, -0.05) is 23.1 Å². The second-order valence-corrected chi connectivity index (χ2v) is 6.05. The summed E-state index contributed by atoms with van der Waals surface area (Å²) < 4.78 is 0.636. The van der Waals surface area contributed by atoms with Crippen LogP contribution in [-0.4, -0.2) is 32.3 Å². The van der Waals surface area contributed by atoms with Crippen LogP contribution in [0.2, 0.25) is 0 Å². The summed E-state index contributed by atoms with van der Waals surface area (Å²) in [6, 6.07) is 3.95. The SMILES string of the molecule is Cc1nnc(Sc2cc(C(=O)O)cc(C(=O)O)c2)s1. The molecular weight excluding hydrogens is 288 g/mol. The molecule has 0 aliphatic rings. The smallest absolute Gasteiger partial charge is 0.335 e. The lowest BCUT2D eigenvalue weighted by atomic mass is 10.1. The van der Waals surface area contributed by atoms with Gasteiger partial charge in [-0.25, -0.2) is 9.59 Å². The summed E-state index contributed by atoms with van der Waals surface area (Å²) in [6.45, 7) is 1.80. The van der Waals surface area contributed by atoms with E-state index < -0.39 is 11.9 Å². The fraction of sp³-hybridized carbons (Fsp3) is 0.0909. The maximum absolute atomic E-state index is 11.0. The molecule has 0 aliphatic heterocycles. The monoisotopic (exact) mass is 296 g/mol. The molecule has 0 bridgehead atoms. The Morgan fingerprint density at radius 2 is 1.68 bits per heavy atom. The van der Waals surface area contributed by atoms with Crippen molar-refractivity contribution < 1.29 is 19.8 Å². The molecule has 0 spiro atoms. The van der Waals surface area contributed by atoms with Crippen LogP contribution < -0.4 is 0 Å². The lowest BCUT2D eigenvalue weighted by Crippen LogP contribution is -2.02. The zero-order valence-corrected chi connectivity index (χ0v) is 11.3. The minimum atomic E-state index is -1.17. The second kappa shape index (κ2) is 5.37. The summed E-state index contributed by atoms with van der Waals surface area (Å²) >= 11 is 2.55. The zero-order chi connectivity index (χ0) is 14.0. The van der Waals surface area contributed by atoms with E-state index in [1.165, 1.54) is 35.2 Å². The first kappa shape index (κ1) is 13.5. The lowest BCUT2D eigenvalue weighted by molar-refractivity contribution is 0.0696. The van der Waals surface area contributed by atoms with Crippen LogP contribution in [0.15, 0.2) is 27.4 Å². The van der Waals surface area contributed by atoms with Gasteiger partial charge in [-0.15, -0.1) is 10.2 Å². The van der Waals surface area contributed by atoms with Crippen molar-refractivity contribution in [2.45, 2.75) is 16.2 Å². The number of rotatable bonds is 4. The number of hydrogen-bond acceptors (Lipinski definition) is 6. The molecule has 0 saturated heterocycles. The van der Waals surface area contributed by atoms with Crippen molar-refractivity contribution in [3.05, 3.63) is 34.3 Å². The van der Waals surface area contributed by atoms with Gasteiger partial charge in [0, 0.05) is 4.90 Å². The van der Waals surface area contributed by atoms with Crippen LogP contribution in [-0.2, 0) is 0 Å². The standard InChI is InChI=1S/C11H8N2O4S2/c1-5-12-13-11(18-5)19-8-3-6(9(14)15)2-7(4-8)10(16)17/h2-4H,1H3,(H,14,15)(H,16,17). The number of carboxylic acids is 2. The molecule has 0 amide bonds. The first-order valence-electron chi connectivity index (χ1n) is 5.05. The molecule has 98 valence electrons. The van der Waals surface area contributed by atoms with E-state index in [1.54, 1.807) is 6.92 Å². The normalized spacial score (nSPS) is 10.4. The van der Waals surface area contributed by atoms with Crippen LogP contribution in [0.1, 0.15) is 25.7 Å². The minimum absolute atomic E-state index is 0.0661. The Hall–Kier alpha value is -1.93. The predicted octanol–water partition coefficient (Wildman–Crippen LogP) is 2.39. The molecule has 0 saturated carbocycles. The van der Waals surface area contributed by atoms with Crippen LogP contribution in [0, 0.1) is 6.92 Å². The number of carboxylic acid groups (broad SMARTS) is 2. The number of nitrogens with zero attached hydrogens (tertiary/aromatic N) is 2. The molecule has 0 fully saturated rings. The largest absolute Gasteiger partial charge is 0.478 e. The Balaban J connectivity index is 2.38. The van der Waals surface area contributed by atoms with Crippen LogP contribution in [0.25, 0.3) is 0 Å². The molecular formula is C11H8N2O4S2. The number of carbonyl (C=O) groups is 2. The molecule has 19 heavy (non-hydrogen) atoms. The number of aromatic carboxylic acids is 2. The molecule has 1 heterocycles. The van der Waals surface area contributed by atoms with Crippen LogP contribution >= 0.6 is 23.1 Å². The number of benzene rings is 1. The number of aromatic nitrogens is 2. The fourth-order valence-electron chi connectivity index (χ4n) is 1.33. The Morgan fingerprint density at radius 3 is 2.11 bits per heavy atom. The van der Waals surface area contributed by atoms with Gasteiger partial charge in [0.05, 0.1) is 11.1 Å². The highest BCUT2D eigenvalue weighted by molar-refractivity contribution is 8.01. The third-order valence-corrected chi connectivity index (χ3v) is 3.97. The average molecular weight is 296 g/mol. The Morgan fingerprint density at radius 1 is 1.11 bits per heavy atom. The maximum atomic E-state index is 11.0. The molecule has 1 aromatic heterocycles. The Labute approximate surface area is 116 Å². The molecule has 0 aliphatic carbocycles.